The van der Waals surface area contributed by atoms with Gasteiger partial charge in [-0.15, -0.1) is 0 Å². The molecule has 0 aromatic heterocycles. The minimum absolute atomic E-state index is 0.182. The molecule has 3 amide bonds. The average molecular weight is 471 g/mol. The number of unbranched alkanes of at least 4 members (excludes halogenated alkanes) is 8. The van der Waals surface area contributed by atoms with Gasteiger partial charge in [0.05, 0.1) is 6.54 Å². The smallest absolute Gasteiger partial charge is 0.321 e. The molecule has 186 valence electrons. The van der Waals surface area contributed by atoms with Crippen molar-refractivity contribution < 1.29 is 24.2 Å². The summed E-state index contributed by atoms with van der Waals surface area (Å²) < 4.78 is 11.3. The minimum Gasteiger partial charge on any atom is -0.508 e. The summed E-state index contributed by atoms with van der Waals surface area (Å²) in [6, 6.07) is 13.1. The van der Waals surface area contributed by atoms with Crippen LogP contribution in [-0.2, 0) is 4.79 Å². The number of urea groups is 1. The van der Waals surface area contributed by atoms with E-state index in [9.17, 15) is 14.7 Å². The SMILES string of the molecule is CCCCCCCCCCCC(=O)NC(=O)NCCOc1ccc(Oc2ccc(O)cc2)cc1. The lowest BCUT2D eigenvalue weighted by atomic mass is 10.1. The van der Waals surface area contributed by atoms with Gasteiger partial charge in [0, 0.05) is 6.42 Å². The van der Waals surface area contributed by atoms with Crippen molar-refractivity contribution in [2.24, 2.45) is 0 Å². The second kappa shape index (κ2) is 16.4. The van der Waals surface area contributed by atoms with Crippen molar-refractivity contribution in [2.45, 2.75) is 71.1 Å². The van der Waals surface area contributed by atoms with Crippen LogP contribution in [0, 0.1) is 0 Å². The zero-order chi connectivity index (χ0) is 24.4. The van der Waals surface area contributed by atoms with E-state index in [1.165, 1.54) is 38.5 Å². The number of ether oxygens (including phenoxy) is 2. The molecule has 0 saturated heterocycles. The molecule has 0 aliphatic rings. The number of hydrogen-bond acceptors (Lipinski definition) is 5. The molecule has 7 nitrogen and oxygen atoms in total. The number of phenols is 1. The van der Waals surface area contributed by atoms with Crippen LogP contribution in [0.15, 0.2) is 48.5 Å². The van der Waals surface area contributed by atoms with E-state index in [2.05, 4.69) is 17.6 Å². The van der Waals surface area contributed by atoms with Crippen LogP contribution < -0.4 is 20.1 Å². The number of rotatable bonds is 16. The monoisotopic (exact) mass is 470 g/mol. The van der Waals surface area contributed by atoms with Crippen molar-refractivity contribution in [1.82, 2.24) is 10.6 Å². The van der Waals surface area contributed by atoms with Crippen molar-refractivity contribution in [1.29, 1.82) is 0 Å². The van der Waals surface area contributed by atoms with Crippen LogP contribution in [0.2, 0.25) is 0 Å². The van der Waals surface area contributed by atoms with Crippen LogP contribution in [-0.4, -0.2) is 30.2 Å². The fourth-order valence-electron chi connectivity index (χ4n) is 3.42. The van der Waals surface area contributed by atoms with Crippen LogP contribution in [0.4, 0.5) is 4.79 Å². The molecule has 0 aliphatic carbocycles. The van der Waals surface area contributed by atoms with Gasteiger partial charge in [0.15, 0.2) is 0 Å². The third kappa shape index (κ3) is 12.1. The summed E-state index contributed by atoms with van der Waals surface area (Å²) in [5.41, 5.74) is 0. The maximum Gasteiger partial charge on any atom is 0.321 e. The largest absolute Gasteiger partial charge is 0.508 e. The lowest BCUT2D eigenvalue weighted by Gasteiger charge is -2.10. The average Bonchev–Trinajstić information content (AvgIpc) is 2.83. The second-order valence-corrected chi connectivity index (χ2v) is 8.30. The molecule has 0 radical (unpaired) electrons. The number of phenolic OH excluding ortho intramolecular Hbond substituents is 1. The summed E-state index contributed by atoms with van der Waals surface area (Å²) in [5, 5.41) is 14.3. The minimum atomic E-state index is -0.498. The first-order chi connectivity index (χ1) is 16.6. The third-order valence-electron chi connectivity index (χ3n) is 5.31. The highest BCUT2D eigenvalue weighted by Gasteiger charge is 2.07. The van der Waals surface area contributed by atoms with Gasteiger partial charge in [-0.3, -0.25) is 10.1 Å². The lowest BCUT2D eigenvalue weighted by molar-refractivity contribution is -0.120. The van der Waals surface area contributed by atoms with E-state index in [-0.39, 0.29) is 24.8 Å². The molecule has 7 heteroatoms. The molecule has 34 heavy (non-hydrogen) atoms. The van der Waals surface area contributed by atoms with Gasteiger partial charge in [-0.25, -0.2) is 4.79 Å². The Balaban J connectivity index is 1.50. The molecule has 0 bridgehead atoms. The van der Waals surface area contributed by atoms with Crippen LogP contribution >= 0.6 is 0 Å². The summed E-state index contributed by atoms with van der Waals surface area (Å²) in [4.78, 5) is 23.7. The summed E-state index contributed by atoms with van der Waals surface area (Å²) in [7, 11) is 0. The Bertz CT molecular complexity index is 837. The third-order valence-corrected chi connectivity index (χ3v) is 5.31. The van der Waals surface area contributed by atoms with Crippen molar-refractivity contribution >= 4 is 11.9 Å². The molecule has 0 atom stereocenters. The number of carbonyl (C=O) groups excluding carboxylic acids is 2. The van der Waals surface area contributed by atoms with Crippen LogP contribution in [0.25, 0.3) is 0 Å². The van der Waals surface area contributed by atoms with E-state index < -0.39 is 6.03 Å². The number of carbonyl (C=O) groups is 2. The second-order valence-electron chi connectivity index (χ2n) is 8.30. The number of imide groups is 1. The number of amides is 3. The predicted octanol–water partition coefficient (Wildman–Crippen LogP) is 6.31. The predicted molar refractivity (Wildman–Crippen MR) is 134 cm³/mol. The Morgan fingerprint density at radius 2 is 1.29 bits per heavy atom. The number of aromatic hydroxyl groups is 1. The first-order valence-electron chi connectivity index (χ1n) is 12.3. The molecule has 2 aromatic carbocycles. The molecule has 3 N–H and O–H groups in total. The van der Waals surface area contributed by atoms with Crippen LogP contribution in [0.5, 0.6) is 23.0 Å². The van der Waals surface area contributed by atoms with E-state index in [4.69, 9.17) is 9.47 Å². The first kappa shape index (κ1) is 27.0. The lowest BCUT2D eigenvalue weighted by Crippen LogP contribution is -2.40. The van der Waals surface area contributed by atoms with Gasteiger partial charge in [-0.2, -0.15) is 0 Å². The molecule has 2 rings (SSSR count). The Labute approximate surface area is 202 Å². The normalized spacial score (nSPS) is 10.5. The zero-order valence-corrected chi connectivity index (χ0v) is 20.2. The molecule has 0 spiro atoms. The fraction of sp³-hybridized carbons (Fsp3) is 0.481. The van der Waals surface area contributed by atoms with Gasteiger partial charge in [-0.1, -0.05) is 58.3 Å². The zero-order valence-electron chi connectivity index (χ0n) is 20.2. The van der Waals surface area contributed by atoms with E-state index in [0.717, 1.165) is 19.3 Å². The van der Waals surface area contributed by atoms with Gasteiger partial charge < -0.3 is 19.9 Å². The summed E-state index contributed by atoms with van der Waals surface area (Å²) in [6.07, 6.45) is 11.1. The molecule has 0 saturated carbocycles. The Morgan fingerprint density at radius 3 is 1.91 bits per heavy atom. The highest BCUT2D eigenvalue weighted by molar-refractivity contribution is 5.94. The number of hydrogen-bond donors (Lipinski definition) is 3. The Morgan fingerprint density at radius 1 is 0.765 bits per heavy atom. The van der Waals surface area contributed by atoms with Crippen molar-refractivity contribution in [3.05, 3.63) is 48.5 Å². The summed E-state index contributed by atoms with van der Waals surface area (Å²) >= 11 is 0. The van der Waals surface area contributed by atoms with Gasteiger partial charge in [0.1, 0.15) is 29.6 Å². The molecule has 0 unspecified atom stereocenters. The Hall–Kier alpha value is -3.22. The van der Waals surface area contributed by atoms with Gasteiger partial charge in [0.25, 0.3) is 0 Å². The summed E-state index contributed by atoms with van der Waals surface area (Å²) in [6.45, 7) is 2.78. The van der Waals surface area contributed by atoms with E-state index in [0.29, 0.717) is 23.7 Å². The molecule has 0 fully saturated rings. The van der Waals surface area contributed by atoms with Crippen molar-refractivity contribution in [3.63, 3.8) is 0 Å². The van der Waals surface area contributed by atoms with E-state index in [1.807, 2.05) is 0 Å². The van der Waals surface area contributed by atoms with Crippen molar-refractivity contribution in [2.75, 3.05) is 13.2 Å². The maximum absolute atomic E-state index is 11.9. The maximum atomic E-state index is 11.9. The van der Waals surface area contributed by atoms with E-state index >= 15 is 0 Å². The van der Waals surface area contributed by atoms with Crippen LogP contribution in [0.1, 0.15) is 71.1 Å². The van der Waals surface area contributed by atoms with Gasteiger partial charge in [-0.05, 0) is 55.0 Å². The first-order valence-corrected chi connectivity index (χ1v) is 12.3. The standard InChI is InChI=1S/C27H38N2O5/c1-2-3-4-5-6-7-8-9-10-11-26(31)29-27(32)28-20-21-33-23-16-18-25(19-17-23)34-24-14-12-22(30)13-15-24/h12-19,30H,2-11,20-21H2,1H3,(H2,28,29,31,32). The Kier molecular flexibility index (Phi) is 13.0. The topological polar surface area (TPSA) is 96.9 Å². The highest BCUT2D eigenvalue weighted by atomic mass is 16.5. The van der Waals surface area contributed by atoms with Crippen molar-refractivity contribution in [3.8, 4) is 23.0 Å². The highest BCUT2D eigenvalue weighted by Crippen LogP contribution is 2.25. The van der Waals surface area contributed by atoms with Gasteiger partial charge >= 0.3 is 6.03 Å². The molecule has 2 aromatic rings. The number of nitrogens with one attached hydrogen (secondary N) is 2. The van der Waals surface area contributed by atoms with Crippen LogP contribution in [0.3, 0.4) is 0 Å². The molecule has 0 aliphatic heterocycles. The summed E-state index contributed by atoms with van der Waals surface area (Å²) in [5.74, 6) is 1.84. The number of benzene rings is 2. The molecule has 0 heterocycles. The molecular formula is C27H38N2O5. The van der Waals surface area contributed by atoms with Gasteiger partial charge in [0.2, 0.25) is 5.91 Å². The fourth-order valence-corrected chi connectivity index (χ4v) is 3.42. The molecular weight excluding hydrogens is 432 g/mol. The quantitative estimate of drug-likeness (QED) is 0.250. The van der Waals surface area contributed by atoms with E-state index in [1.54, 1.807) is 48.5 Å².